The maximum absolute atomic E-state index is 12.8. The predicted octanol–water partition coefficient (Wildman–Crippen LogP) is -1.17. The first kappa shape index (κ1) is 29.4. The molecular weight excluding hydrogens is 454 g/mol. The number of hydrogen-bond donors (Lipinski definition) is 7. The van der Waals surface area contributed by atoms with Gasteiger partial charge < -0.3 is 38.3 Å². The number of hydrogen-bond acceptors (Lipinski definition) is 6. The molecule has 12 nitrogen and oxygen atoms in total. The average molecular weight is 492 g/mol. The highest BCUT2D eigenvalue weighted by Gasteiger charge is 2.29. The Bertz CT molecular complexity index is 874. The standard InChI is InChI=1S/C23H37N7O5/c1-3-14(2)19(22(34)35)30-21(33)17(10-7-11-27-23(25)26)29-18(31)13-28-20(32)16(24)12-15-8-5-4-6-9-15/h4-6,8-9,14,16-17,19H,3,7,10-13,24H2,1-2H3,(H,28,32)(H,29,31)(H,30,33)(H,34,35)(H4,25,26,27). The third kappa shape index (κ3) is 11.3. The lowest BCUT2D eigenvalue weighted by atomic mass is 9.98. The molecule has 3 amide bonds. The molecule has 0 radical (unpaired) electrons. The van der Waals surface area contributed by atoms with Gasteiger partial charge in [-0.15, -0.1) is 0 Å². The highest BCUT2D eigenvalue weighted by atomic mass is 16.4. The van der Waals surface area contributed by atoms with Crippen molar-refractivity contribution >= 4 is 29.7 Å². The summed E-state index contributed by atoms with van der Waals surface area (Å²) in [6.45, 7) is 3.35. The van der Waals surface area contributed by atoms with Crippen molar-refractivity contribution in [1.29, 1.82) is 0 Å². The third-order valence-corrected chi connectivity index (χ3v) is 5.43. The van der Waals surface area contributed by atoms with Gasteiger partial charge >= 0.3 is 5.97 Å². The van der Waals surface area contributed by atoms with E-state index in [-0.39, 0.29) is 24.8 Å². The Labute approximate surface area is 205 Å². The summed E-state index contributed by atoms with van der Waals surface area (Å²) >= 11 is 0. The molecule has 35 heavy (non-hydrogen) atoms. The van der Waals surface area contributed by atoms with E-state index < -0.39 is 48.4 Å². The molecule has 0 aliphatic heterocycles. The van der Waals surface area contributed by atoms with Crippen LogP contribution in [0.4, 0.5) is 0 Å². The summed E-state index contributed by atoms with van der Waals surface area (Å²) in [6.07, 6.45) is 1.35. The molecule has 0 aromatic heterocycles. The first-order chi connectivity index (χ1) is 16.5. The van der Waals surface area contributed by atoms with Crippen molar-refractivity contribution < 1.29 is 24.3 Å². The second kappa shape index (κ2) is 15.3. The number of rotatable bonds is 15. The molecule has 10 N–H and O–H groups in total. The van der Waals surface area contributed by atoms with Gasteiger partial charge in [0.25, 0.3) is 0 Å². The lowest BCUT2D eigenvalue weighted by Crippen LogP contribution is -2.55. The molecule has 1 rings (SSSR count). The second-order valence-electron chi connectivity index (χ2n) is 8.29. The van der Waals surface area contributed by atoms with Crippen LogP contribution < -0.4 is 33.2 Å². The van der Waals surface area contributed by atoms with Crippen LogP contribution in [-0.4, -0.2) is 66.0 Å². The predicted molar refractivity (Wildman–Crippen MR) is 132 cm³/mol. The molecule has 0 aliphatic rings. The third-order valence-electron chi connectivity index (χ3n) is 5.43. The van der Waals surface area contributed by atoms with E-state index in [0.717, 1.165) is 5.56 Å². The van der Waals surface area contributed by atoms with Crippen LogP contribution in [-0.2, 0) is 25.6 Å². The van der Waals surface area contributed by atoms with Crippen molar-refractivity contribution in [3.63, 3.8) is 0 Å². The number of nitrogens with two attached hydrogens (primary N) is 3. The van der Waals surface area contributed by atoms with E-state index in [9.17, 15) is 24.3 Å². The van der Waals surface area contributed by atoms with Gasteiger partial charge in [0, 0.05) is 6.54 Å². The van der Waals surface area contributed by atoms with Crippen LogP contribution in [0.15, 0.2) is 35.3 Å². The number of guanidine groups is 1. The van der Waals surface area contributed by atoms with Gasteiger partial charge in [-0.3, -0.25) is 19.4 Å². The number of carbonyl (C=O) groups is 4. The molecule has 4 unspecified atom stereocenters. The summed E-state index contributed by atoms with van der Waals surface area (Å²) in [4.78, 5) is 53.0. The number of carboxylic acids is 1. The van der Waals surface area contributed by atoms with Crippen LogP contribution >= 0.6 is 0 Å². The van der Waals surface area contributed by atoms with E-state index in [1.54, 1.807) is 6.92 Å². The number of carboxylic acid groups (broad SMARTS) is 1. The molecule has 0 saturated heterocycles. The van der Waals surface area contributed by atoms with Crippen molar-refractivity contribution in [3.05, 3.63) is 35.9 Å². The van der Waals surface area contributed by atoms with Gasteiger partial charge in [0.05, 0.1) is 12.6 Å². The summed E-state index contributed by atoms with van der Waals surface area (Å²) in [7, 11) is 0. The van der Waals surface area contributed by atoms with Gasteiger partial charge in [-0.2, -0.15) is 0 Å². The second-order valence-corrected chi connectivity index (χ2v) is 8.29. The summed E-state index contributed by atoms with van der Waals surface area (Å²) in [5, 5.41) is 16.9. The zero-order chi connectivity index (χ0) is 26.4. The summed E-state index contributed by atoms with van der Waals surface area (Å²) < 4.78 is 0. The maximum atomic E-state index is 12.8. The van der Waals surface area contributed by atoms with Gasteiger partial charge in [-0.1, -0.05) is 50.6 Å². The summed E-state index contributed by atoms with van der Waals surface area (Å²) in [6, 6.07) is 6.20. The molecule has 0 bridgehead atoms. The average Bonchev–Trinajstić information content (AvgIpc) is 2.82. The summed E-state index contributed by atoms with van der Waals surface area (Å²) in [5.74, 6) is -3.38. The topological polar surface area (TPSA) is 215 Å². The highest BCUT2D eigenvalue weighted by molar-refractivity contribution is 5.92. The first-order valence-corrected chi connectivity index (χ1v) is 11.5. The van der Waals surface area contributed by atoms with Gasteiger partial charge in [-0.05, 0) is 30.7 Å². The molecule has 1 aromatic carbocycles. The normalized spacial score (nSPS) is 14.0. The fourth-order valence-electron chi connectivity index (χ4n) is 3.21. The largest absolute Gasteiger partial charge is 0.480 e. The van der Waals surface area contributed by atoms with E-state index >= 15 is 0 Å². The quantitative estimate of drug-likeness (QED) is 0.0898. The Balaban J connectivity index is 2.73. The Hall–Kier alpha value is -3.67. The SMILES string of the molecule is CCC(C)C(NC(=O)C(CCCN=C(N)N)NC(=O)CNC(=O)C(N)Cc1ccccc1)C(=O)O. The minimum absolute atomic E-state index is 0.104. The number of carbonyl (C=O) groups excluding carboxylic acids is 3. The van der Waals surface area contributed by atoms with Crippen LogP contribution in [0.5, 0.6) is 0 Å². The van der Waals surface area contributed by atoms with E-state index in [1.165, 1.54) is 0 Å². The molecule has 0 fully saturated rings. The number of nitrogens with one attached hydrogen (secondary N) is 3. The van der Waals surface area contributed by atoms with Gasteiger partial charge in [0.1, 0.15) is 12.1 Å². The molecule has 0 spiro atoms. The molecule has 0 heterocycles. The van der Waals surface area contributed by atoms with Crippen molar-refractivity contribution in [2.75, 3.05) is 13.1 Å². The van der Waals surface area contributed by atoms with Gasteiger partial charge in [0.2, 0.25) is 17.7 Å². The minimum atomic E-state index is -1.17. The van der Waals surface area contributed by atoms with Crippen LogP contribution in [0.3, 0.4) is 0 Å². The summed E-state index contributed by atoms with van der Waals surface area (Å²) in [5.41, 5.74) is 17.4. The zero-order valence-electron chi connectivity index (χ0n) is 20.2. The van der Waals surface area contributed by atoms with E-state index in [0.29, 0.717) is 19.3 Å². The number of nitrogens with zero attached hydrogens (tertiary/aromatic N) is 1. The molecule has 0 aliphatic carbocycles. The number of aliphatic carboxylic acids is 1. The van der Waals surface area contributed by atoms with Crippen molar-refractivity contribution in [2.45, 2.75) is 57.7 Å². The molecular formula is C23H37N7O5. The fraction of sp³-hybridized carbons (Fsp3) is 0.522. The van der Waals surface area contributed by atoms with Crippen molar-refractivity contribution in [3.8, 4) is 0 Å². The fourth-order valence-corrected chi connectivity index (χ4v) is 3.21. The number of amides is 3. The zero-order valence-corrected chi connectivity index (χ0v) is 20.2. The smallest absolute Gasteiger partial charge is 0.326 e. The van der Waals surface area contributed by atoms with E-state index in [1.807, 2.05) is 37.3 Å². The Morgan fingerprint density at radius 3 is 2.29 bits per heavy atom. The van der Waals surface area contributed by atoms with Crippen LogP contribution in [0.1, 0.15) is 38.7 Å². The van der Waals surface area contributed by atoms with Crippen LogP contribution in [0.2, 0.25) is 0 Å². The minimum Gasteiger partial charge on any atom is -0.480 e. The molecule has 0 saturated carbocycles. The lowest BCUT2D eigenvalue weighted by Gasteiger charge is -2.24. The van der Waals surface area contributed by atoms with Gasteiger partial charge in [-0.25, -0.2) is 4.79 Å². The number of aliphatic imine (C=N–C) groups is 1. The first-order valence-electron chi connectivity index (χ1n) is 11.5. The Morgan fingerprint density at radius 1 is 1.06 bits per heavy atom. The van der Waals surface area contributed by atoms with E-state index in [4.69, 9.17) is 17.2 Å². The molecule has 1 aromatic rings. The van der Waals surface area contributed by atoms with Crippen molar-refractivity contribution in [2.24, 2.45) is 28.1 Å². The van der Waals surface area contributed by atoms with Crippen LogP contribution in [0, 0.1) is 5.92 Å². The molecule has 12 heteroatoms. The molecule has 194 valence electrons. The van der Waals surface area contributed by atoms with Crippen molar-refractivity contribution in [1.82, 2.24) is 16.0 Å². The van der Waals surface area contributed by atoms with Crippen LogP contribution in [0.25, 0.3) is 0 Å². The highest BCUT2D eigenvalue weighted by Crippen LogP contribution is 2.09. The van der Waals surface area contributed by atoms with Gasteiger partial charge in [0.15, 0.2) is 5.96 Å². The lowest BCUT2D eigenvalue weighted by molar-refractivity contribution is -0.143. The monoisotopic (exact) mass is 491 g/mol. The molecule has 4 atom stereocenters. The Kier molecular flexibility index (Phi) is 12.8. The van der Waals surface area contributed by atoms with E-state index in [2.05, 4.69) is 20.9 Å². The Morgan fingerprint density at radius 2 is 1.71 bits per heavy atom. The maximum Gasteiger partial charge on any atom is 0.326 e. The number of benzene rings is 1.